The number of nitrogens with zero attached hydrogens (tertiary/aromatic N) is 1. The van der Waals surface area contributed by atoms with Gasteiger partial charge in [-0.15, -0.1) is 0 Å². The van der Waals surface area contributed by atoms with Gasteiger partial charge in [0.2, 0.25) is 0 Å². The molecule has 0 radical (unpaired) electrons. The van der Waals surface area contributed by atoms with Crippen molar-refractivity contribution in [1.82, 2.24) is 9.69 Å². The lowest BCUT2D eigenvalue weighted by molar-refractivity contribution is 0.0952. The van der Waals surface area contributed by atoms with Gasteiger partial charge in [0.25, 0.3) is 5.91 Å². The number of aromatic nitrogens is 1. The minimum Gasteiger partial charge on any atom is -0.467 e. The highest BCUT2D eigenvalue weighted by Crippen LogP contribution is 2.05. The Morgan fingerprint density at radius 1 is 1.57 bits per heavy atom. The van der Waals surface area contributed by atoms with Crippen LogP contribution in [-0.4, -0.2) is 10.3 Å². The van der Waals surface area contributed by atoms with E-state index < -0.39 is 0 Å². The van der Waals surface area contributed by atoms with Crippen molar-refractivity contribution in [2.75, 3.05) is 0 Å². The van der Waals surface area contributed by atoms with Crippen LogP contribution in [0, 0.1) is 0 Å². The van der Waals surface area contributed by atoms with E-state index in [0.717, 1.165) is 5.76 Å². The first-order chi connectivity index (χ1) is 6.86. The molecule has 1 amide bonds. The highest BCUT2D eigenvalue weighted by atomic mass is 32.1. The zero-order valence-electron chi connectivity index (χ0n) is 7.27. The van der Waals surface area contributed by atoms with Gasteiger partial charge in [-0.05, 0) is 29.7 Å². The van der Waals surface area contributed by atoms with Gasteiger partial charge in [-0.25, -0.2) is 4.37 Å². The Labute approximate surface area is 84.7 Å². The lowest BCUT2D eigenvalue weighted by Crippen LogP contribution is -2.21. The zero-order valence-corrected chi connectivity index (χ0v) is 8.08. The van der Waals surface area contributed by atoms with Crippen molar-refractivity contribution in [3.05, 3.63) is 41.3 Å². The molecule has 5 heteroatoms. The molecule has 4 nitrogen and oxygen atoms in total. The maximum atomic E-state index is 11.4. The summed E-state index contributed by atoms with van der Waals surface area (Å²) in [5.41, 5.74) is 0. The maximum Gasteiger partial charge on any atom is 0.263 e. The number of furan rings is 1. The summed E-state index contributed by atoms with van der Waals surface area (Å²) in [5.74, 6) is 0.617. The molecular weight excluding hydrogens is 200 g/mol. The third-order valence-corrected chi connectivity index (χ3v) is 2.41. The summed E-state index contributed by atoms with van der Waals surface area (Å²) < 4.78 is 8.92. The van der Waals surface area contributed by atoms with Gasteiger partial charge >= 0.3 is 0 Å². The third kappa shape index (κ3) is 2.00. The number of nitrogens with one attached hydrogen (secondary N) is 1. The maximum absolute atomic E-state index is 11.4. The van der Waals surface area contributed by atoms with Gasteiger partial charge in [0.15, 0.2) is 0 Å². The third-order valence-electron chi connectivity index (χ3n) is 1.66. The summed E-state index contributed by atoms with van der Waals surface area (Å²) >= 11 is 1.18. The van der Waals surface area contributed by atoms with Crippen molar-refractivity contribution >= 4 is 17.4 Å². The monoisotopic (exact) mass is 208 g/mol. The minimum atomic E-state index is -0.121. The molecule has 0 saturated heterocycles. The number of carbonyl (C=O) groups excluding carboxylic acids is 1. The second-order valence-corrected chi connectivity index (χ2v) is 3.47. The fourth-order valence-electron chi connectivity index (χ4n) is 1.00. The SMILES string of the molecule is O=C(NCc1ccco1)c1ccns1. The second-order valence-electron chi connectivity index (χ2n) is 2.64. The molecule has 0 aliphatic rings. The van der Waals surface area contributed by atoms with E-state index in [1.54, 1.807) is 24.6 Å². The first-order valence-corrected chi connectivity index (χ1v) is 4.85. The molecule has 1 N–H and O–H groups in total. The molecule has 0 bridgehead atoms. The first-order valence-electron chi connectivity index (χ1n) is 4.07. The molecule has 0 aliphatic carbocycles. The Bertz CT molecular complexity index is 394. The van der Waals surface area contributed by atoms with E-state index in [-0.39, 0.29) is 5.91 Å². The molecule has 0 saturated carbocycles. The molecule has 0 spiro atoms. The van der Waals surface area contributed by atoms with Crippen molar-refractivity contribution in [2.45, 2.75) is 6.54 Å². The fourth-order valence-corrected chi connectivity index (χ4v) is 1.51. The lowest BCUT2D eigenvalue weighted by Gasteiger charge is -1.99. The smallest absolute Gasteiger partial charge is 0.263 e. The lowest BCUT2D eigenvalue weighted by atomic mass is 10.4. The van der Waals surface area contributed by atoms with Crippen molar-refractivity contribution in [2.24, 2.45) is 0 Å². The van der Waals surface area contributed by atoms with Crippen LogP contribution in [0.25, 0.3) is 0 Å². The summed E-state index contributed by atoms with van der Waals surface area (Å²) in [5, 5.41) is 2.73. The number of hydrogen-bond acceptors (Lipinski definition) is 4. The molecule has 2 rings (SSSR count). The van der Waals surface area contributed by atoms with Gasteiger partial charge in [-0.1, -0.05) is 0 Å². The average Bonchev–Trinajstić information content (AvgIpc) is 2.87. The van der Waals surface area contributed by atoms with Crippen LogP contribution in [-0.2, 0) is 6.54 Å². The molecule has 14 heavy (non-hydrogen) atoms. The van der Waals surface area contributed by atoms with E-state index >= 15 is 0 Å². The number of carbonyl (C=O) groups is 1. The van der Waals surface area contributed by atoms with Gasteiger partial charge in [0.05, 0.1) is 12.8 Å². The van der Waals surface area contributed by atoms with Crippen molar-refractivity contribution in [1.29, 1.82) is 0 Å². The van der Waals surface area contributed by atoms with Crippen molar-refractivity contribution in [3.63, 3.8) is 0 Å². The predicted octanol–water partition coefficient (Wildman–Crippen LogP) is 1.67. The molecule has 2 heterocycles. The summed E-state index contributed by atoms with van der Waals surface area (Å²) in [7, 11) is 0. The van der Waals surface area contributed by atoms with Crippen LogP contribution in [0.1, 0.15) is 15.4 Å². The number of amides is 1. The standard InChI is InChI=1S/C9H8N2O2S/c12-9(8-3-4-11-14-8)10-6-7-2-1-5-13-7/h1-5H,6H2,(H,10,12). The van der Waals surface area contributed by atoms with Crippen LogP contribution in [0.4, 0.5) is 0 Å². The minimum absolute atomic E-state index is 0.121. The van der Waals surface area contributed by atoms with E-state index in [4.69, 9.17) is 4.42 Å². The Morgan fingerprint density at radius 3 is 3.14 bits per heavy atom. The molecule has 2 aromatic heterocycles. The van der Waals surface area contributed by atoms with Gasteiger partial charge in [-0.2, -0.15) is 0 Å². The van der Waals surface area contributed by atoms with Crippen LogP contribution >= 0.6 is 11.5 Å². The molecule has 0 atom stereocenters. The molecule has 72 valence electrons. The number of rotatable bonds is 3. The second kappa shape index (κ2) is 4.06. The van der Waals surface area contributed by atoms with Crippen molar-refractivity contribution < 1.29 is 9.21 Å². The fraction of sp³-hybridized carbons (Fsp3) is 0.111. The largest absolute Gasteiger partial charge is 0.467 e. The van der Waals surface area contributed by atoms with Crippen LogP contribution in [0.5, 0.6) is 0 Å². The van der Waals surface area contributed by atoms with E-state index in [9.17, 15) is 4.79 Å². The average molecular weight is 208 g/mol. The topological polar surface area (TPSA) is 55.1 Å². The Hall–Kier alpha value is -1.62. The molecule has 0 fully saturated rings. The van der Waals surface area contributed by atoms with E-state index in [1.165, 1.54) is 11.5 Å². The van der Waals surface area contributed by atoms with Crippen LogP contribution < -0.4 is 5.32 Å². The van der Waals surface area contributed by atoms with E-state index in [2.05, 4.69) is 9.69 Å². The summed E-state index contributed by atoms with van der Waals surface area (Å²) in [4.78, 5) is 12.0. The predicted molar refractivity (Wildman–Crippen MR) is 52.0 cm³/mol. The van der Waals surface area contributed by atoms with E-state index in [0.29, 0.717) is 11.4 Å². The molecular formula is C9H8N2O2S. The highest BCUT2D eigenvalue weighted by molar-refractivity contribution is 7.08. The Kier molecular flexibility index (Phi) is 2.60. The van der Waals surface area contributed by atoms with Gasteiger partial charge in [0.1, 0.15) is 10.6 Å². The molecule has 0 aliphatic heterocycles. The van der Waals surface area contributed by atoms with E-state index in [1.807, 2.05) is 6.07 Å². The summed E-state index contributed by atoms with van der Waals surface area (Å²) in [6.07, 6.45) is 3.18. The summed E-state index contributed by atoms with van der Waals surface area (Å²) in [6.45, 7) is 0.406. The van der Waals surface area contributed by atoms with Gasteiger partial charge in [-0.3, -0.25) is 4.79 Å². The first kappa shape index (κ1) is 8.96. The highest BCUT2D eigenvalue weighted by Gasteiger charge is 2.06. The molecule has 2 aromatic rings. The Morgan fingerprint density at radius 2 is 2.50 bits per heavy atom. The van der Waals surface area contributed by atoms with Gasteiger partial charge < -0.3 is 9.73 Å². The van der Waals surface area contributed by atoms with Crippen molar-refractivity contribution in [3.8, 4) is 0 Å². The van der Waals surface area contributed by atoms with Crippen LogP contribution in [0.15, 0.2) is 35.1 Å². The van der Waals surface area contributed by atoms with Crippen LogP contribution in [0.3, 0.4) is 0 Å². The zero-order chi connectivity index (χ0) is 9.80. The summed E-state index contributed by atoms with van der Waals surface area (Å²) in [6, 6.07) is 5.28. The molecule has 0 unspecified atom stereocenters. The Balaban J connectivity index is 1.90. The number of hydrogen-bond donors (Lipinski definition) is 1. The molecule has 0 aromatic carbocycles. The normalized spacial score (nSPS) is 10.0. The van der Waals surface area contributed by atoms with Gasteiger partial charge in [0, 0.05) is 6.20 Å². The van der Waals surface area contributed by atoms with Crippen LogP contribution in [0.2, 0.25) is 0 Å². The quantitative estimate of drug-likeness (QED) is 0.834.